The second-order valence-electron chi connectivity index (χ2n) is 3.73. The first-order chi connectivity index (χ1) is 8.84. The van der Waals surface area contributed by atoms with Crippen molar-refractivity contribution in [2.75, 3.05) is 18.6 Å². The number of nitro groups is 1. The molecular weight excluding hydrogens is 280 g/mol. The molecule has 0 aromatic heterocycles. The first-order valence-electron chi connectivity index (χ1n) is 4.98. The van der Waals surface area contributed by atoms with Crippen LogP contribution in [0.15, 0.2) is 6.07 Å². The summed E-state index contributed by atoms with van der Waals surface area (Å²) in [7, 11) is 1.40. The van der Waals surface area contributed by atoms with Gasteiger partial charge in [-0.1, -0.05) is 11.6 Å². The summed E-state index contributed by atoms with van der Waals surface area (Å²) >= 11 is 5.72. The summed E-state index contributed by atoms with van der Waals surface area (Å²) in [6.07, 6.45) is 0. The smallest absolute Gasteiger partial charge is 0.346 e. The highest BCUT2D eigenvalue weighted by molar-refractivity contribution is 6.34. The van der Waals surface area contributed by atoms with Gasteiger partial charge in [-0.25, -0.2) is 4.79 Å². The molecule has 1 heterocycles. The quantitative estimate of drug-likeness (QED) is 0.648. The number of carbonyl (C=O) groups is 2. The minimum atomic E-state index is -1.55. The maximum absolute atomic E-state index is 11.4. The molecular formula is C10H7ClN2O6. The fraction of sp³-hybridized carbons (Fsp3) is 0.200. The highest BCUT2D eigenvalue weighted by Crippen LogP contribution is 2.44. The van der Waals surface area contributed by atoms with E-state index in [0.717, 1.165) is 11.0 Å². The predicted molar refractivity (Wildman–Crippen MR) is 64.0 cm³/mol. The largest absolute Gasteiger partial charge is 0.480 e. The molecule has 0 fully saturated rings. The third-order valence-electron chi connectivity index (χ3n) is 2.66. The number of aromatic carboxylic acids is 1. The average Bonchev–Trinajstić information content (AvgIpc) is 2.32. The number of anilines is 1. The van der Waals surface area contributed by atoms with Crippen molar-refractivity contribution >= 4 is 34.9 Å². The topological polar surface area (TPSA) is 110 Å². The van der Waals surface area contributed by atoms with Gasteiger partial charge in [-0.15, -0.1) is 0 Å². The molecule has 1 aromatic carbocycles. The summed E-state index contributed by atoms with van der Waals surface area (Å²) in [5.74, 6) is -2.19. The van der Waals surface area contributed by atoms with Crippen molar-refractivity contribution in [2.45, 2.75) is 0 Å². The van der Waals surface area contributed by atoms with Crippen molar-refractivity contribution in [1.82, 2.24) is 0 Å². The minimum absolute atomic E-state index is 0.0873. The van der Waals surface area contributed by atoms with Crippen molar-refractivity contribution in [3.05, 3.63) is 26.8 Å². The van der Waals surface area contributed by atoms with Gasteiger partial charge in [0.1, 0.15) is 5.02 Å². The Hall–Kier alpha value is -2.35. The van der Waals surface area contributed by atoms with Gasteiger partial charge in [0.05, 0.1) is 10.6 Å². The number of hydrogen-bond acceptors (Lipinski definition) is 5. The van der Waals surface area contributed by atoms with E-state index in [0.29, 0.717) is 0 Å². The summed E-state index contributed by atoms with van der Waals surface area (Å²) in [5, 5.41) is 19.6. The maximum atomic E-state index is 11.4. The second-order valence-corrected chi connectivity index (χ2v) is 4.14. The Morgan fingerprint density at radius 1 is 1.63 bits per heavy atom. The number of carbonyl (C=O) groups excluding carboxylic acids is 1. The summed E-state index contributed by atoms with van der Waals surface area (Å²) < 4.78 is 5.01. The molecule has 8 nitrogen and oxygen atoms in total. The lowest BCUT2D eigenvalue weighted by molar-refractivity contribution is -0.385. The van der Waals surface area contributed by atoms with Gasteiger partial charge in [0.15, 0.2) is 17.9 Å². The predicted octanol–water partition coefficient (Wildman–Crippen LogP) is 1.30. The Balaban J connectivity index is 2.81. The summed E-state index contributed by atoms with van der Waals surface area (Å²) in [4.78, 5) is 33.8. The number of hydrogen-bond donors (Lipinski definition) is 1. The van der Waals surface area contributed by atoms with Crippen LogP contribution in [0.2, 0.25) is 5.02 Å². The molecule has 100 valence electrons. The van der Waals surface area contributed by atoms with Gasteiger partial charge in [0, 0.05) is 7.05 Å². The SMILES string of the molecule is CN1C(=O)COc2c1cc(Cl)c([N+](=O)[O-])c2C(=O)O. The molecule has 0 unspecified atom stereocenters. The standard InChI is InChI=1S/C10H7ClN2O6/c1-12-5-2-4(11)8(13(17)18)7(10(15)16)9(5)19-3-6(12)14/h2H,3H2,1H3,(H,15,16). The van der Waals surface area contributed by atoms with Crippen molar-refractivity contribution in [2.24, 2.45) is 0 Å². The number of benzene rings is 1. The number of amides is 1. The Kier molecular flexibility index (Phi) is 3.03. The zero-order valence-electron chi connectivity index (χ0n) is 9.55. The van der Waals surface area contributed by atoms with Gasteiger partial charge in [0.25, 0.3) is 5.91 Å². The molecule has 2 rings (SSSR count). The van der Waals surface area contributed by atoms with Gasteiger partial charge in [0.2, 0.25) is 0 Å². The Bertz CT molecular complexity index is 615. The Morgan fingerprint density at radius 3 is 2.79 bits per heavy atom. The molecule has 19 heavy (non-hydrogen) atoms. The highest BCUT2D eigenvalue weighted by atomic mass is 35.5. The van der Waals surface area contributed by atoms with E-state index < -0.39 is 28.1 Å². The van der Waals surface area contributed by atoms with E-state index in [2.05, 4.69) is 0 Å². The lowest BCUT2D eigenvalue weighted by Gasteiger charge is -2.26. The molecule has 0 atom stereocenters. The van der Waals surface area contributed by atoms with Crippen LogP contribution in [0.5, 0.6) is 5.75 Å². The molecule has 9 heteroatoms. The first-order valence-corrected chi connectivity index (χ1v) is 5.36. The number of rotatable bonds is 2. The van der Waals surface area contributed by atoms with E-state index in [1.807, 2.05) is 0 Å². The number of nitrogens with zero attached hydrogens (tertiary/aromatic N) is 2. The van der Waals surface area contributed by atoms with E-state index in [1.54, 1.807) is 0 Å². The van der Waals surface area contributed by atoms with Crippen LogP contribution in [0.1, 0.15) is 10.4 Å². The summed E-state index contributed by atoms with van der Waals surface area (Å²) in [5.41, 5.74) is -1.33. The summed E-state index contributed by atoms with van der Waals surface area (Å²) in [6, 6.07) is 1.14. The zero-order chi connectivity index (χ0) is 14.3. The minimum Gasteiger partial charge on any atom is -0.480 e. The molecule has 1 aromatic rings. The van der Waals surface area contributed by atoms with Crippen LogP contribution in [0.4, 0.5) is 11.4 Å². The third kappa shape index (κ3) is 1.95. The molecule has 0 spiro atoms. The molecule has 1 amide bonds. The fourth-order valence-corrected chi connectivity index (χ4v) is 2.01. The Morgan fingerprint density at radius 2 is 2.26 bits per heavy atom. The van der Waals surface area contributed by atoms with Crippen LogP contribution in [-0.4, -0.2) is 35.6 Å². The third-order valence-corrected chi connectivity index (χ3v) is 2.95. The van der Waals surface area contributed by atoms with Gasteiger partial charge >= 0.3 is 11.7 Å². The van der Waals surface area contributed by atoms with E-state index >= 15 is 0 Å². The van der Waals surface area contributed by atoms with Crippen LogP contribution in [0.25, 0.3) is 0 Å². The number of nitro benzene ring substituents is 1. The molecule has 1 aliphatic rings. The lowest BCUT2D eigenvalue weighted by atomic mass is 10.1. The Labute approximate surface area is 111 Å². The van der Waals surface area contributed by atoms with Crippen molar-refractivity contribution < 1.29 is 24.4 Å². The van der Waals surface area contributed by atoms with Gasteiger partial charge in [-0.2, -0.15) is 0 Å². The molecule has 0 aliphatic carbocycles. The maximum Gasteiger partial charge on any atom is 0.346 e. The van der Waals surface area contributed by atoms with Crippen LogP contribution >= 0.6 is 11.6 Å². The van der Waals surface area contributed by atoms with E-state index in [9.17, 15) is 19.7 Å². The number of fused-ring (bicyclic) bond motifs is 1. The van der Waals surface area contributed by atoms with Gasteiger partial charge in [-0.3, -0.25) is 14.9 Å². The number of carboxylic acids is 1. The molecule has 0 radical (unpaired) electrons. The molecule has 1 N–H and O–H groups in total. The first kappa shape index (κ1) is 13.1. The van der Waals surface area contributed by atoms with Gasteiger partial charge in [-0.05, 0) is 6.07 Å². The summed E-state index contributed by atoms with van der Waals surface area (Å²) in [6.45, 7) is -0.386. The van der Waals surface area contributed by atoms with Crippen LogP contribution in [0, 0.1) is 10.1 Å². The highest BCUT2D eigenvalue weighted by Gasteiger charge is 2.36. The number of halogens is 1. The van der Waals surface area contributed by atoms with Crippen molar-refractivity contribution in [3.8, 4) is 5.75 Å². The monoisotopic (exact) mass is 286 g/mol. The molecule has 0 saturated heterocycles. The van der Waals surface area contributed by atoms with E-state index in [1.165, 1.54) is 7.05 Å². The number of ether oxygens (including phenoxy) is 1. The van der Waals surface area contributed by atoms with Crippen LogP contribution in [0.3, 0.4) is 0 Å². The lowest BCUT2D eigenvalue weighted by Crippen LogP contribution is -2.36. The zero-order valence-corrected chi connectivity index (χ0v) is 10.3. The van der Waals surface area contributed by atoms with Crippen LogP contribution < -0.4 is 9.64 Å². The number of carboxylic acid groups (broad SMARTS) is 1. The van der Waals surface area contributed by atoms with Crippen molar-refractivity contribution in [1.29, 1.82) is 0 Å². The fourth-order valence-electron chi connectivity index (χ4n) is 1.75. The second kappa shape index (κ2) is 4.39. The molecule has 0 bridgehead atoms. The molecule has 1 aliphatic heterocycles. The van der Waals surface area contributed by atoms with E-state index in [4.69, 9.17) is 21.4 Å². The van der Waals surface area contributed by atoms with Crippen molar-refractivity contribution in [3.63, 3.8) is 0 Å². The normalized spacial score (nSPS) is 13.8. The van der Waals surface area contributed by atoms with Crippen LogP contribution in [-0.2, 0) is 4.79 Å². The van der Waals surface area contributed by atoms with Gasteiger partial charge < -0.3 is 14.7 Å². The number of likely N-dealkylation sites (N-methyl/N-ethyl adjacent to an activating group) is 1. The van der Waals surface area contributed by atoms with E-state index in [-0.39, 0.29) is 23.1 Å². The average molecular weight is 287 g/mol. The molecule has 0 saturated carbocycles.